The number of amides is 1. The number of carbonyl (C=O) groups is 1. The van der Waals surface area contributed by atoms with Crippen molar-refractivity contribution in [2.75, 3.05) is 0 Å². The van der Waals surface area contributed by atoms with Gasteiger partial charge in [0, 0.05) is 5.56 Å². The molecule has 0 saturated heterocycles. The number of ether oxygens (including phenoxy) is 1. The van der Waals surface area contributed by atoms with Crippen LogP contribution in [0.3, 0.4) is 0 Å². The van der Waals surface area contributed by atoms with Gasteiger partial charge in [0.05, 0.1) is 20.9 Å². The van der Waals surface area contributed by atoms with Gasteiger partial charge in [0.15, 0.2) is 0 Å². The number of phenolic OH excluding ortho intramolecular Hbond substituents is 1. The molecule has 0 aliphatic carbocycles. The standard InChI is InChI=1S/C18H18ClIN2O3/c1-3-11(2)25-17-7-4-12(8-14(17)19)10-21-22-18(24)13-5-6-15(20)16(23)9-13/h4-11,23H,3H2,1-2H3,(H,22,24)/b21-10-/t11-/m0/s1. The van der Waals surface area contributed by atoms with Crippen molar-refractivity contribution in [2.24, 2.45) is 5.10 Å². The number of rotatable bonds is 6. The number of nitrogens with one attached hydrogen (secondary N) is 1. The molecule has 1 atom stereocenters. The number of phenols is 1. The van der Waals surface area contributed by atoms with E-state index in [-0.39, 0.29) is 11.9 Å². The second-order valence-electron chi connectivity index (χ2n) is 5.39. The van der Waals surface area contributed by atoms with Crippen LogP contribution in [0.15, 0.2) is 41.5 Å². The molecule has 0 spiro atoms. The van der Waals surface area contributed by atoms with Crippen molar-refractivity contribution in [1.29, 1.82) is 0 Å². The zero-order valence-electron chi connectivity index (χ0n) is 13.8. The number of benzene rings is 2. The lowest BCUT2D eigenvalue weighted by Gasteiger charge is -2.13. The molecular weight excluding hydrogens is 455 g/mol. The quantitative estimate of drug-likeness (QED) is 0.367. The smallest absolute Gasteiger partial charge is 0.271 e. The summed E-state index contributed by atoms with van der Waals surface area (Å²) in [7, 11) is 0. The Balaban J connectivity index is 2.00. The molecule has 0 bridgehead atoms. The van der Waals surface area contributed by atoms with E-state index in [1.54, 1.807) is 30.3 Å². The Labute approximate surface area is 165 Å². The Bertz CT molecular complexity index is 796. The molecule has 0 aliphatic rings. The number of nitrogens with zero attached hydrogens (tertiary/aromatic N) is 1. The molecule has 0 radical (unpaired) electrons. The van der Waals surface area contributed by atoms with Crippen LogP contribution < -0.4 is 10.2 Å². The van der Waals surface area contributed by atoms with Crippen LogP contribution in [-0.2, 0) is 0 Å². The fraction of sp³-hybridized carbons (Fsp3) is 0.222. The molecule has 132 valence electrons. The second-order valence-corrected chi connectivity index (χ2v) is 6.96. The molecular formula is C18H18ClIN2O3. The van der Waals surface area contributed by atoms with Gasteiger partial charge in [-0.3, -0.25) is 4.79 Å². The molecule has 0 heterocycles. The van der Waals surface area contributed by atoms with E-state index in [1.165, 1.54) is 12.3 Å². The van der Waals surface area contributed by atoms with Crippen molar-refractivity contribution in [3.8, 4) is 11.5 Å². The lowest BCUT2D eigenvalue weighted by molar-refractivity contribution is 0.0954. The minimum Gasteiger partial charge on any atom is -0.507 e. The van der Waals surface area contributed by atoms with Crippen LogP contribution in [0, 0.1) is 3.57 Å². The SMILES string of the molecule is CC[C@H](C)Oc1ccc(/C=N\NC(=O)c2ccc(I)c(O)c2)cc1Cl. The molecule has 2 aromatic carbocycles. The highest BCUT2D eigenvalue weighted by Gasteiger charge is 2.08. The van der Waals surface area contributed by atoms with Crippen LogP contribution in [0.2, 0.25) is 5.02 Å². The van der Waals surface area contributed by atoms with Gasteiger partial charge in [-0.1, -0.05) is 18.5 Å². The Morgan fingerprint density at radius 2 is 2.16 bits per heavy atom. The minimum absolute atomic E-state index is 0.0564. The fourth-order valence-electron chi connectivity index (χ4n) is 1.88. The molecule has 2 aromatic rings. The highest BCUT2D eigenvalue weighted by atomic mass is 127. The number of halogens is 2. The molecule has 1 amide bonds. The van der Waals surface area contributed by atoms with Gasteiger partial charge in [0.2, 0.25) is 0 Å². The topological polar surface area (TPSA) is 70.9 Å². The van der Waals surface area contributed by atoms with Crippen LogP contribution in [0.1, 0.15) is 36.2 Å². The average molecular weight is 473 g/mol. The summed E-state index contributed by atoms with van der Waals surface area (Å²) < 4.78 is 6.37. The minimum atomic E-state index is -0.411. The number of carbonyl (C=O) groups excluding carboxylic acids is 1. The fourth-order valence-corrected chi connectivity index (χ4v) is 2.45. The first kappa shape index (κ1) is 19.5. The molecule has 0 fully saturated rings. The van der Waals surface area contributed by atoms with Gasteiger partial charge in [-0.2, -0.15) is 5.10 Å². The van der Waals surface area contributed by atoms with Crippen molar-refractivity contribution in [3.05, 3.63) is 56.1 Å². The predicted molar refractivity (Wildman–Crippen MR) is 108 cm³/mol. The molecule has 25 heavy (non-hydrogen) atoms. The van der Waals surface area contributed by atoms with Gasteiger partial charge in [0.1, 0.15) is 11.5 Å². The van der Waals surface area contributed by atoms with E-state index in [9.17, 15) is 9.90 Å². The lowest BCUT2D eigenvalue weighted by Crippen LogP contribution is -2.17. The molecule has 0 unspecified atom stereocenters. The maximum Gasteiger partial charge on any atom is 0.271 e. The maximum absolute atomic E-state index is 12.0. The largest absolute Gasteiger partial charge is 0.507 e. The summed E-state index contributed by atoms with van der Waals surface area (Å²) in [5, 5.41) is 14.0. The van der Waals surface area contributed by atoms with Crippen LogP contribution in [0.5, 0.6) is 11.5 Å². The number of hydrogen-bond acceptors (Lipinski definition) is 4. The van der Waals surface area contributed by atoms with Gasteiger partial charge in [-0.05, 0) is 77.9 Å². The van der Waals surface area contributed by atoms with E-state index in [4.69, 9.17) is 16.3 Å². The summed E-state index contributed by atoms with van der Waals surface area (Å²) in [6.07, 6.45) is 2.46. The first-order valence-corrected chi connectivity index (χ1v) is 9.14. The maximum atomic E-state index is 12.0. The number of hydrazone groups is 1. The van der Waals surface area contributed by atoms with Crippen molar-refractivity contribution in [2.45, 2.75) is 26.4 Å². The van der Waals surface area contributed by atoms with Gasteiger partial charge in [0.25, 0.3) is 5.91 Å². The summed E-state index contributed by atoms with van der Waals surface area (Å²) >= 11 is 8.18. The monoisotopic (exact) mass is 472 g/mol. The third-order valence-electron chi connectivity index (χ3n) is 3.45. The summed E-state index contributed by atoms with van der Waals surface area (Å²) in [5.41, 5.74) is 3.47. The molecule has 0 aliphatic heterocycles. The second kappa shape index (κ2) is 9.05. The van der Waals surface area contributed by atoms with E-state index in [2.05, 4.69) is 10.5 Å². The Hall–Kier alpha value is -1.80. The first-order valence-electron chi connectivity index (χ1n) is 7.68. The van der Waals surface area contributed by atoms with Crippen LogP contribution in [0.4, 0.5) is 0 Å². The zero-order chi connectivity index (χ0) is 18.4. The van der Waals surface area contributed by atoms with Gasteiger partial charge in [-0.25, -0.2) is 5.43 Å². The third kappa shape index (κ3) is 5.61. The molecule has 0 saturated carbocycles. The lowest BCUT2D eigenvalue weighted by atomic mass is 10.2. The van der Waals surface area contributed by atoms with Crippen molar-refractivity contribution < 1.29 is 14.6 Å². The van der Waals surface area contributed by atoms with Gasteiger partial charge >= 0.3 is 0 Å². The summed E-state index contributed by atoms with van der Waals surface area (Å²) in [4.78, 5) is 12.0. The molecule has 0 aromatic heterocycles. The van der Waals surface area contributed by atoms with E-state index >= 15 is 0 Å². The Morgan fingerprint density at radius 3 is 2.80 bits per heavy atom. The third-order valence-corrected chi connectivity index (χ3v) is 4.65. The summed E-state index contributed by atoms with van der Waals surface area (Å²) in [6.45, 7) is 4.01. The Kier molecular flexibility index (Phi) is 7.07. The number of aromatic hydroxyl groups is 1. The summed E-state index contributed by atoms with van der Waals surface area (Å²) in [6, 6.07) is 9.95. The van der Waals surface area contributed by atoms with E-state index in [0.29, 0.717) is 19.9 Å². The molecule has 5 nitrogen and oxygen atoms in total. The summed E-state index contributed by atoms with van der Waals surface area (Å²) in [5.74, 6) is 0.262. The van der Waals surface area contributed by atoms with Crippen molar-refractivity contribution >= 4 is 46.3 Å². The predicted octanol–water partition coefficient (Wildman–Crippen LogP) is 4.59. The highest BCUT2D eigenvalue weighted by Crippen LogP contribution is 2.26. The molecule has 7 heteroatoms. The normalized spacial score (nSPS) is 12.2. The van der Waals surface area contributed by atoms with E-state index < -0.39 is 5.91 Å². The van der Waals surface area contributed by atoms with Crippen LogP contribution in [0.25, 0.3) is 0 Å². The van der Waals surface area contributed by atoms with Gasteiger partial charge in [-0.15, -0.1) is 0 Å². The molecule has 2 N–H and O–H groups in total. The molecule has 2 rings (SSSR count). The first-order chi connectivity index (χ1) is 11.9. The van der Waals surface area contributed by atoms with Crippen LogP contribution in [-0.4, -0.2) is 23.3 Å². The van der Waals surface area contributed by atoms with Crippen LogP contribution >= 0.6 is 34.2 Å². The number of hydrogen-bond donors (Lipinski definition) is 2. The van der Waals surface area contributed by atoms with E-state index in [0.717, 1.165) is 12.0 Å². The highest BCUT2D eigenvalue weighted by molar-refractivity contribution is 14.1. The zero-order valence-corrected chi connectivity index (χ0v) is 16.7. The average Bonchev–Trinajstić information content (AvgIpc) is 2.59. The van der Waals surface area contributed by atoms with Gasteiger partial charge < -0.3 is 9.84 Å². The van der Waals surface area contributed by atoms with Crippen molar-refractivity contribution in [3.63, 3.8) is 0 Å². The Morgan fingerprint density at radius 1 is 1.40 bits per heavy atom. The van der Waals surface area contributed by atoms with E-state index in [1.807, 2.05) is 36.4 Å². The van der Waals surface area contributed by atoms with Crippen molar-refractivity contribution in [1.82, 2.24) is 5.43 Å².